The van der Waals surface area contributed by atoms with Gasteiger partial charge in [-0.3, -0.25) is 9.59 Å². The van der Waals surface area contributed by atoms with Crippen molar-refractivity contribution in [2.24, 2.45) is 0 Å². The molecule has 29 heavy (non-hydrogen) atoms. The number of nitrogens with zero attached hydrogens (tertiary/aromatic N) is 5. The number of carbonyl (C=O) groups excluding carboxylic acids is 2. The molecular formula is C21H24FN5O2. The van der Waals surface area contributed by atoms with E-state index in [0.29, 0.717) is 50.5 Å². The number of hydrogen-bond donors (Lipinski definition) is 0. The molecule has 2 fully saturated rings. The quantitative estimate of drug-likeness (QED) is 0.731. The third kappa shape index (κ3) is 4.16. The Labute approximate surface area is 169 Å². The number of hydrogen-bond acceptors (Lipinski definition) is 5. The average Bonchev–Trinajstić information content (AvgIpc) is 2.79. The van der Waals surface area contributed by atoms with Crippen molar-refractivity contribution in [1.29, 1.82) is 0 Å². The number of amides is 2. The molecule has 0 radical (unpaired) electrons. The summed E-state index contributed by atoms with van der Waals surface area (Å²) >= 11 is 0. The van der Waals surface area contributed by atoms with Crippen LogP contribution < -0.4 is 9.80 Å². The van der Waals surface area contributed by atoms with Gasteiger partial charge in [0, 0.05) is 58.6 Å². The van der Waals surface area contributed by atoms with Gasteiger partial charge >= 0.3 is 0 Å². The Kier molecular flexibility index (Phi) is 5.59. The predicted molar refractivity (Wildman–Crippen MR) is 109 cm³/mol. The molecule has 0 N–H and O–H groups in total. The summed E-state index contributed by atoms with van der Waals surface area (Å²) in [5.41, 5.74) is 1.19. The molecule has 0 bridgehead atoms. The molecule has 152 valence electrons. The third-order valence-corrected chi connectivity index (χ3v) is 5.54. The second-order valence-corrected chi connectivity index (χ2v) is 7.26. The molecule has 2 saturated heterocycles. The molecule has 2 aliphatic heterocycles. The zero-order valence-electron chi connectivity index (χ0n) is 16.2. The Bertz CT molecular complexity index is 860. The zero-order chi connectivity index (χ0) is 20.2. The van der Waals surface area contributed by atoms with E-state index in [9.17, 15) is 14.0 Å². The van der Waals surface area contributed by atoms with Crippen molar-refractivity contribution < 1.29 is 14.0 Å². The normalized spacial score (nSPS) is 17.4. The van der Waals surface area contributed by atoms with Crippen LogP contribution in [0, 0.1) is 5.82 Å². The first-order valence-electron chi connectivity index (χ1n) is 9.85. The molecule has 2 aliphatic rings. The van der Waals surface area contributed by atoms with E-state index in [4.69, 9.17) is 0 Å². The van der Waals surface area contributed by atoms with Gasteiger partial charge in [-0.2, -0.15) is 0 Å². The highest BCUT2D eigenvalue weighted by atomic mass is 19.1. The minimum absolute atomic E-state index is 0.0565. The van der Waals surface area contributed by atoms with Gasteiger partial charge in [-0.05, 0) is 24.3 Å². The van der Waals surface area contributed by atoms with E-state index in [1.54, 1.807) is 34.2 Å². The minimum Gasteiger partial charge on any atom is -0.366 e. The lowest BCUT2D eigenvalue weighted by Gasteiger charge is -2.37. The molecule has 0 unspecified atom stereocenters. The van der Waals surface area contributed by atoms with Crippen LogP contribution in [-0.4, -0.2) is 79.5 Å². The summed E-state index contributed by atoms with van der Waals surface area (Å²) in [6, 6.07) is 10.5. The van der Waals surface area contributed by atoms with Gasteiger partial charge in [0.25, 0.3) is 5.91 Å². The number of para-hydroxylation sites is 1. The summed E-state index contributed by atoms with van der Waals surface area (Å²) in [6.07, 6.45) is 2.44. The maximum atomic E-state index is 14.0. The molecule has 3 heterocycles. The van der Waals surface area contributed by atoms with Crippen molar-refractivity contribution >= 4 is 23.8 Å². The van der Waals surface area contributed by atoms with Crippen LogP contribution in [0.1, 0.15) is 10.4 Å². The van der Waals surface area contributed by atoms with Crippen molar-refractivity contribution in [3.63, 3.8) is 0 Å². The van der Waals surface area contributed by atoms with E-state index in [2.05, 4.69) is 9.88 Å². The molecule has 1 aromatic heterocycles. The van der Waals surface area contributed by atoms with Crippen LogP contribution in [0.15, 0.2) is 42.6 Å². The lowest BCUT2D eigenvalue weighted by Crippen LogP contribution is -2.48. The fourth-order valence-electron chi connectivity index (χ4n) is 3.80. The van der Waals surface area contributed by atoms with Crippen LogP contribution in [0.5, 0.6) is 0 Å². The van der Waals surface area contributed by atoms with Crippen molar-refractivity contribution in [2.45, 2.75) is 0 Å². The number of aromatic nitrogens is 1. The Morgan fingerprint density at radius 1 is 0.897 bits per heavy atom. The molecular weight excluding hydrogens is 373 g/mol. The fraction of sp³-hybridized carbons (Fsp3) is 0.381. The summed E-state index contributed by atoms with van der Waals surface area (Å²) in [6.45, 7) is 5.11. The highest BCUT2D eigenvalue weighted by molar-refractivity contribution is 5.94. The summed E-state index contributed by atoms with van der Waals surface area (Å²) in [7, 11) is 0. The van der Waals surface area contributed by atoms with E-state index in [-0.39, 0.29) is 11.7 Å². The number of benzene rings is 1. The summed E-state index contributed by atoms with van der Waals surface area (Å²) in [4.78, 5) is 35.5. The van der Waals surface area contributed by atoms with E-state index in [1.165, 1.54) is 6.07 Å². The molecule has 2 aromatic rings. The SMILES string of the molecule is O=CN1CCN(C(=O)c2ccc(N3CCN(c4ccccc4F)CC3)nc2)CC1. The second kappa shape index (κ2) is 8.46. The first kappa shape index (κ1) is 19.2. The second-order valence-electron chi connectivity index (χ2n) is 7.26. The highest BCUT2D eigenvalue weighted by Gasteiger charge is 2.23. The third-order valence-electron chi connectivity index (χ3n) is 5.54. The Morgan fingerprint density at radius 2 is 1.59 bits per heavy atom. The van der Waals surface area contributed by atoms with Crippen molar-refractivity contribution in [3.8, 4) is 0 Å². The molecule has 2 amide bonds. The van der Waals surface area contributed by atoms with Gasteiger partial charge in [0.05, 0.1) is 11.3 Å². The number of rotatable bonds is 4. The Balaban J connectivity index is 1.35. The molecule has 1 aromatic carbocycles. The lowest BCUT2D eigenvalue weighted by molar-refractivity contribution is -0.119. The molecule has 7 nitrogen and oxygen atoms in total. The topological polar surface area (TPSA) is 60.0 Å². The largest absolute Gasteiger partial charge is 0.366 e. The molecule has 8 heteroatoms. The van der Waals surface area contributed by atoms with Crippen LogP contribution in [0.3, 0.4) is 0 Å². The first-order valence-corrected chi connectivity index (χ1v) is 9.85. The van der Waals surface area contributed by atoms with Gasteiger partial charge in [0.15, 0.2) is 0 Å². The van der Waals surface area contributed by atoms with Gasteiger partial charge in [-0.25, -0.2) is 9.37 Å². The standard InChI is InChI=1S/C21H24FN5O2/c22-18-3-1-2-4-19(18)25-11-13-26(14-12-25)20-6-5-17(15-23-20)21(29)27-9-7-24(16-28)8-10-27/h1-6,15-16H,7-14H2. The van der Waals surface area contributed by atoms with Gasteiger partial charge in [-0.1, -0.05) is 12.1 Å². The molecule has 0 spiro atoms. The number of anilines is 2. The summed E-state index contributed by atoms with van der Waals surface area (Å²) in [5, 5.41) is 0. The van der Waals surface area contributed by atoms with E-state index in [1.807, 2.05) is 17.0 Å². The maximum Gasteiger partial charge on any atom is 0.255 e. The van der Waals surface area contributed by atoms with Crippen LogP contribution in [0.25, 0.3) is 0 Å². The Morgan fingerprint density at radius 3 is 2.21 bits per heavy atom. The lowest BCUT2D eigenvalue weighted by atomic mass is 10.2. The van der Waals surface area contributed by atoms with Crippen molar-refractivity contribution in [1.82, 2.24) is 14.8 Å². The fourth-order valence-corrected chi connectivity index (χ4v) is 3.80. The summed E-state index contributed by atoms with van der Waals surface area (Å²) in [5.74, 6) is 0.565. The van der Waals surface area contributed by atoms with Gasteiger partial charge in [-0.15, -0.1) is 0 Å². The number of carbonyl (C=O) groups is 2. The average molecular weight is 397 g/mol. The smallest absolute Gasteiger partial charge is 0.255 e. The Hall–Kier alpha value is -3.16. The summed E-state index contributed by atoms with van der Waals surface area (Å²) < 4.78 is 14.0. The number of piperazine rings is 2. The van der Waals surface area contributed by atoms with Crippen LogP contribution in [0.2, 0.25) is 0 Å². The van der Waals surface area contributed by atoms with Crippen LogP contribution in [0.4, 0.5) is 15.9 Å². The zero-order valence-corrected chi connectivity index (χ0v) is 16.2. The number of pyridine rings is 1. The first-order chi connectivity index (χ1) is 14.2. The van der Waals surface area contributed by atoms with Crippen LogP contribution >= 0.6 is 0 Å². The maximum absolute atomic E-state index is 14.0. The molecule has 0 aliphatic carbocycles. The van der Waals surface area contributed by atoms with E-state index in [0.717, 1.165) is 25.3 Å². The van der Waals surface area contributed by atoms with Gasteiger partial charge in [0.2, 0.25) is 6.41 Å². The van der Waals surface area contributed by atoms with E-state index < -0.39 is 0 Å². The monoisotopic (exact) mass is 397 g/mol. The molecule has 0 atom stereocenters. The van der Waals surface area contributed by atoms with Gasteiger partial charge in [0.1, 0.15) is 11.6 Å². The van der Waals surface area contributed by atoms with Crippen molar-refractivity contribution in [2.75, 3.05) is 62.2 Å². The van der Waals surface area contributed by atoms with Crippen LogP contribution in [-0.2, 0) is 4.79 Å². The number of halogens is 1. The van der Waals surface area contributed by atoms with E-state index >= 15 is 0 Å². The minimum atomic E-state index is -0.198. The van der Waals surface area contributed by atoms with Gasteiger partial charge < -0.3 is 19.6 Å². The molecule has 4 rings (SSSR count). The van der Waals surface area contributed by atoms with Crippen molar-refractivity contribution in [3.05, 3.63) is 54.0 Å². The highest BCUT2D eigenvalue weighted by Crippen LogP contribution is 2.22. The molecule has 0 saturated carbocycles. The predicted octanol–water partition coefficient (Wildman–Crippen LogP) is 1.46.